The zero-order valence-electron chi connectivity index (χ0n) is 7.90. The fraction of sp³-hybridized carbons (Fsp3) is 0.300. The Labute approximate surface area is 86.6 Å². The van der Waals surface area contributed by atoms with Gasteiger partial charge in [0.2, 0.25) is 0 Å². The maximum atomic E-state index is 9.14. The van der Waals surface area contributed by atoms with Gasteiger partial charge in [0.25, 0.3) is 0 Å². The maximum absolute atomic E-state index is 9.14. The lowest BCUT2D eigenvalue weighted by Gasteiger charge is -2.05. The first-order valence-electron chi connectivity index (χ1n) is 4.54. The molecule has 0 unspecified atom stereocenters. The van der Waals surface area contributed by atoms with Crippen molar-refractivity contribution < 1.29 is 5.11 Å². The Morgan fingerprint density at radius 2 is 2.29 bits per heavy atom. The maximum Gasteiger partial charge on any atom is 0.117 e. The lowest BCUT2D eigenvalue weighted by molar-refractivity contribution is 0.208. The molecule has 0 saturated carbocycles. The summed E-state index contributed by atoms with van der Waals surface area (Å²) >= 11 is 1.43. The number of aliphatic hydroxyl groups is 1. The van der Waals surface area contributed by atoms with Crippen LogP contribution in [0, 0.1) is 0 Å². The SMILES string of the molecule is C[C@@H](O)CNc1snc2ccccc12. The molecule has 0 spiro atoms. The van der Waals surface area contributed by atoms with Gasteiger partial charge in [-0.3, -0.25) is 0 Å². The number of nitrogens with zero attached hydrogens (tertiary/aromatic N) is 1. The molecule has 74 valence electrons. The van der Waals surface area contributed by atoms with E-state index in [0.717, 1.165) is 15.9 Å². The third-order valence-corrected chi connectivity index (χ3v) is 2.78. The smallest absolute Gasteiger partial charge is 0.117 e. The fourth-order valence-electron chi connectivity index (χ4n) is 1.26. The fourth-order valence-corrected chi connectivity index (χ4v) is 2.02. The van der Waals surface area contributed by atoms with E-state index in [-0.39, 0.29) is 6.10 Å². The van der Waals surface area contributed by atoms with E-state index in [9.17, 15) is 0 Å². The first kappa shape index (κ1) is 9.43. The predicted molar refractivity (Wildman–Crippen MR) is 59.8 cm³/mol. The summed E-state index contributed by atoms with van der Waals surface area (Å²) in [5.41, 5.74) is 1.01. The van der Waals surface area contributed by atoms with Crippen molar-refractivity contribution in [2.24, 2.45) is 0 Å². The molecule has 0 amide bonds. The van der Waals surface area contributed by atoms with Gasteiger partial charge in [0.15, 0.2) is 0 Å². The van der Waals surface area contributed by atoms with Crippen molar-refractivity contribution in [2.45, 2.75) is 13.0 Å². The molecule has 1 aromatic carbocycles. The van der Waals surface area contributed by atoms with Crippen molar-refractivity contribution in [3.63, 3.8) is 0 Å². The Morgan fingerprint density at radius 1 is 1.50 bits per heavy atom. The minimum Gasteiger partial charge on any atom is -0.392 e. The summed E-state index contributed by atoms with van der Waals surface area (Å²) in [6.45, 7) is 2.32. The molecule has 1 aromatic heterocycles. The molecule has 0 fully saturated rings. The Bertz CT molecular complexity index is 425. The van der Waals surface area contributed by atoms with Gasteiger partial charge in [-0.1, -0.05) is 12.1 Å². The molecular weight excluding hydrogens is 196 g/mol. The van der Waals surface area contributed by atoms with Crippen LogP contribution in [-0.2, 0) is 0 Å². The van der Waals surface area contributed by atoms with Crippen LogP contribution in [0.4, 0.5) is 5.00 Å². The average molecular weight is 208 g/mol. The number of rotatable bonds is 3. The highest BCUT2D eigenvalue weighted by molar-refractivity contribution is 7.11. The highest BCUT2D eigenvalue weighted by atomic mass is 32.1. The Hall–Kier alpha value is -1.13. The number of nitrogens with one attached hydrogen (secondary N) is 1. The normalized spacial score (nSPS) is 13.0. The van der Waals surface area contributed by atoms with Crippen LogP contribution in [0.15, 0.2) is 24.3 Å². The third-order valence-electron chi connectivity index (χ3n) is 1.94. The van der Waals surface area contributed by atoms with Crippen molar-refractivity contribution in [1.29, 1.82) is 0 Å². The highest BCUT2D eigenvalue weighted by Gasteiger charge is 2.04. The van der Waals surface area contributed by atoms with E-state index < -0.39 is 0 Å². The Morgan fingerprint density at radius 3 is 3.07 bits per heavy atom. The molecular formula is C10H12N2OS. The van der Waals surface area contributed by atoms with Crippen LogP contribution < -0.4 is 5.32 Å². The molecule has 0 saturated heterocycles. The summed E-state index contributed by atoms with van der Waals surface area (Å²) in [7, 11) is 0. The molecule has 2 rings (SSSR count). The molecule has 0 bridgehead atoms. The van der Waals surface area contributed by atoms with Crippen LogP contribution >= 0.6 is 11.5 Å². The lowest BCUT2D eigenvalue weighted by Crippen LogP contribution is -2.14. The van der Waals surface area contributed by atoms with Crippen LogP contribution in [0.2, 0.25) is 0 Å². The topological polar surface area (TPSA) is 45.1 Å². The molecule has 0 aliphatic heterocycles. The minimum absolute atomic E-state index is 0.337. The number of fused-ring (bicyclic) bond motifs is 1. The van der Waals surface area contributed by atoms with E-state index in [4.69, 9.17) is 5.11 Å². The zero-order valence-corrected chi connectivity index (χ0v) is 8.71. The monoisotopic (exact) mass is 208 g/mol. The summed E-state index contributed by atoms with van der Waals surface area (Å²) in [5, 5.41) is 14.5. The molecule has 2 aromatic rings. The van der Waals surface area contributed by atoms with E-state index in [1.165, 1.54) is 11.5 Å². The van der Waals surface area contributed by atoms with Gasteiger partial charge in [-0.05, 0) is 30.6 Å². The summed E-state index contributed by atoms with van der Waals surface area (Å²) in [6.07, 6.45) is -0.337. The van der Waals surface area contributed by atoms with Crippen LogP contribution in [0.1, 0.15) is 6.92 Å². The largest absolute Gasteiger partial charge is 0.392 e. The van der Waals surface area contributed by atoms with Crippen LogP contribution in [-0.4, -0.2) is 22.1 Å². The van der Waals surface area contributed by atoms with Crippen molar-refractivity contribution in [2.75, 3.05) is 11.9 Å². The second kappa shape index (κ2) is 3.94. The zero-order chi connectivity index (χ0) is 9.97. The number of benzene rings is 1. The summed E-state index contributed by atoms with van der Waals surface area (Å²) < 4.78 is 4.29. The molecule has 2 N–H and O–H groups in total. The van der Waals surface area contributed by atoms with Crippen molar-refractivity contribution in [3.05, 3.63) is 24.3 Å². The van der Waals surface area contributed by atoms with Crippen molar-refractivity contribution in [3.8, 4) is 0 Å². The molecule has 1 heterocycles. The van der Waals surface area contributed by atoms with E-state index in [0.29, 0.717) is 6.54 Å². The van der Waals surface area contributed by atoms with Gasteiger partial charge in [-0.2, -0.15) is 4.37 Å². The van der Waals surface area contributed by atoms with E-state index in [1.807, 2.05) is 24.3 Å². The van der Waals surface area contributed by atoms with Gasteiger partial charge in [0.1, 0.15) is 5.00 Å². The molecule has 1 atom stereocenters. The average Bonchev–Trinajstić information content (AvgIpc) is 2.58. The molecule has 0 aliphatic carbocycles. The molecule has 14 heavy (non-hydrogen) atoms. The standard InChI is InChI=1S/C10H12N2OS/c1-7(13)6-11-10-8-4-2-3-5-9(8)12-14-10/h2-5,7,11,13H,6H2,1H3/t7-/m1/s1. The lowest BCUT2D eigenvalue weighted by atomic mass is 10.2. The number of aliphatic hydroxyl groups excluding tert-OH is 1. The summed E-state index contributed by atoms with van der Waals surface area (Å²) in [6, 6.07) is 7.98. The van der Waals surface area contributed by atoms with Gasteiger partial charge in [0, 0.05) is 11.9 Å². The number of anilines is 1. The van der Waals surface area contributed by atoms with Gasteiger partial charge < -0.3 is 10.4 Å². The van der Waals surface area contributed by atoms with E-state index in [1.54, 1.807) is 6.92 Å². The van der Waals surface area contributed by atoms with Gasteiger partial charge >= 0.3 is 0 Å². The number of hydrogen-bond acceptors (Lipinski definition) is 4. The summed E-state index contributed by atoms with van der Waals surface area (Å²) in [5.74, 6) is 0. The van der Waals surface area contributed by atoms with Crippen molar-refractivity contribution in [1.82, 2.24) is 4.37 Å². The number of aromatic nitrogens is 1. The van der Waals surface area contributed by atoms with Crippen LogP contribution in [0.5, 0.6) is 0 Å². The molecule has 0 aliphatic rings. The highest BCUT2D eigenvalue weighted by Crippen LogP contribution is 2.26. The second-order valence-electron chi connectivity index (χ2n) is 3.26. The molecule has 3 nitrogen and oxygen atoms in total. The molecule has 0 radical (unpaired) electrons. The third kappa shape index (κ3) is 1.86. The van der Waals surface area contributed by atoms with Gasteiger partial charge in [-0.25, -0.2) is 0 Å². The number of hydrogen-bond donors (Lipinski definition) is 2. The predicted octanol–water partition coefficient (Wildman–Crippen LogP) is 2.09. The minimum atomic E-state index is -0.337. The van der Waals surface area contributed by atoms with E-state index in [2.05, 4.69) is 9.69 Å². The first-order valence-corrected chi connectivity index (χ1v) is 5.31. The quantitative estimate of drug-likeness (QED) is 0.811. The Kier molecular flexibility index (Phi) is 2.65. The summed E-state index contributed by atoms with van der Waals surface area (Å²) in [4.78, 5) is 0. The van der Waals surface area contributed by atoms with Gasteiger partial charge in [-0.15, -0.1) is 0 Å². The first-order chi connectivity index (χ1) is 6.77. The van der Waals surface area contributed by atoms with Gasteiger partial charge in [0.05, 0.1) is 11.6 Å². The van der Waals surface area contributed by atoms with Crippen molar-refractivity contribution >= 4 is 27.4 Å². The molecule has 4 heteroatoms. The van der Waals surface area contributed by atoms with Crippen LogP contribution in [0.3, 0.4) is 0 Å². The van der Waals surface area contributed by atoms with Crippen LogP contribution in [0.25, 0.3) is 10.9 Å². The Balaban J connectivity index is 2.25. The van der Waals surface area contributed by atoms with E-state index >= 15 is 0 Å². The second-order valence-corrected chi connectivity index (χ2v) is 4.03.